The molecular weight excluding hydrogens is 351 g/mol. The van der Waals surface area contributed by atoms with E-state index in [2.05, 4.69) is 34.6 Å². The molecule has 1 saturated heterocycles. The summed E-state index contributed by atoms with van der Waals surface area (Å²) in [5.74, 6) is 0.735. The fourth-order valence-corrected chi connectivity index (χ4v) is 8.80. The van der Waals surface area contributed by atoms with Gasteiger partial charge in [0.15, 0.2) is 0 Å². The van der Waals surface area contributed by atoms with Crippen LogP contribution in [0.25, 0.3) is 0 Å². The number of fused-ring (bicyclic) bond motifs is 2. The van der Waals surface area contributed by atoms with E-state index >= 15 is 0 Å². The average Bonchev–Trinajstić information content (AvgIpc) is 2.60. The second kappa shape index (κ2) is 4.35. The normalized spacial score (nSPS) is 40.9. The quantitative estimate of drug-likeness (QED) is 0.409. The molecule has 2 aliphatic rings. The number of ether oxygens (including phenoxy) is 1. The van der Waals surface area contributed by atoms with E-state index in [4.69, 9.17) is 4.74 Å². The molecule has 2 bridgehead atoms. The van der Waals surface area contributed by atoms with E-state index in [1.54, 1.807) is 0 Å². The van der Waals surface area contributed by atoms with Crippen molar-refractivity contribution < 1.29 is 30.7 Å². The summed E-state index contributed by atoms with van der Waals surface area (Å²) in [5.41, 5.74) is -0.272. The van der Waals surface area contributed by atoms with Gasteiger partial charge < -0.3 is 0 Å². The monoisotopic (exact) mass is 379 g/mol. The molecule has 0 radical (unpaired) electrons. The third-order valence-corrected chi connectivity index (χ3v) is 11.7. The Bertz CT molecular complexity index is 402. The first-order valence-electron chi connectivity index (χ1n) is 7.34. The van der Waals surface area contributed by atoms with Crippen LogP contribution in [0.15, 0.2) is 0 Å². The standard InChI is InChI=1S/C16H28IO2/c1-8-13(2,3)12(18)19-15(6)9-11-10-17-16(15,7)14(11,4)5/h11H,8-10H2,1-7H3/q-1. The number of hydrogen-bond donors (Lipinski definition) is 0. The maximum absolute atomic E-state index is 12.5. The molecule has 3 atom stereocenters. The summed E-state index contributed by atoms with van der Waals surface area (Å²) in [6.07, 6.45) is 1.89. The van der Waals surface area contributed by atoms with Crippen LogP contribution in [0.1, 0.15) is 61.3 Å². The van der Waals surface area contributed by atoms with Gasteiger partial charge in [0.1, 0.15) is 0 Å². The molecule has 2 nitrogen and oxygen atoms in total. The van der Waals surface area contributed by atoms with E-state index < -0.39 is 0 Å². The van der Waals surface area contributed by atoms with Crippen LogP contribution in [-0.2, 0) is 9.53 Å². The molecule has 0 aromatic carbocycles. The van der Waals surface area contributed by atoms with E-state index in [0.717, 1.165) is 18.8 Å². The Morgan fingerprint density at radius 1 is 1.32 bits per heavy atom. The van der Waals surface area contributed by atoms with E-state index in [0.29, 0.717) is 5.41 Å². The molecule has 19 heavy (non-hydrogen) atoms. The Kier molecular flexibility index (Phi) is 3.56. The van der Waals surface area contributed by atoms with Gasteiger partial charge in [-0.15, -0.1) is 0 Å². The van der Waals surface area contributed by atoms with Crippen molar-refractivity contribution in [1.29, 1.82) is 0 Å². The molecule has 3 heteroatoms. The molecule has 1 aliphatic heterocycles. The zero-order valence-electron chi connectivity index (χ0n) is 13.4. The van der Waals surface area contributed by atoms with Crippen LogP contribution in [-0.4, -0.2) is 19.4 Å². The Labute approximate surface area is 128 Å². The summed E-state index contributed by atoms with van der Waals surface area (Å²) in [7, 11) is 0. The molecule has 0 amide bonds. The number of carbonyl (C=O) groups is 1. The topological polar surface area (TPSA) is 26.3 Å². The molecule has 1 saturated carbocycles. The van der Waals surface area contributed by atoms with E-state index in [9.17, 15) is 4.79 Å². The number of halogens is 1. The average molecular weight is 379 g/mol. The van der Waals surface area contributed by atoms with Crippen LogP contribution in [0, 0.1) is 16.7 Å². The van der Waals surface area contributed by atoms with Gasteiger partial charge >= 0.3 is 128 Å². The second-order valence-corrected chi connectivity index (χ2v) is 11.6. The van der Waals surface area contributed by atoms with Gasteiger partial charge in [0.2, 0.25) is 0 Å². The summed E-state index contributed by atoms with van der Waals surface area (Å²) >= 11 is 0.113. The zero-order valence-corrected chi connectivity index (χ0v) is 15.6. The first-order chi connectivity index (χ1) is 8.50. The SMILES string of the molecule is CCC(C)(C)C(=O)OC1(C)CC2C[I-]C1(C)C2(C)C. The number of alkyl halides is 2. The van der Waals surface area contributed by atoms with Gasteiger partial charge in [-0.3, -0.25) is 0 Å². The van der Waals surface area contributed by atoms with Crippen molar-refractivity contribution in [3.05, 3.63) is 0 Å². The van der Waals surface area contributed by atoms with Gasteiger partial charge in [-0.05, 0) is 0 Å². The minimum absolute atomic E-state index is 0.00826. The van der Waals surface area contributed by atoms with Gasteiger partial charge in [-0.25, -0.2) is 0 Å². The molecule has 3 unspecified atom stereocenters. The van der Waals surface area contributed by atoms with Gasteiger partial charge in [0.05, 0.1) is 0 Å². The Hall–Kier alpha value is 0.200. The van der Waals surface area contributed by atoms with Crippen molar-refractivity contribution in [3.8, 4) is 0 Å². The summed E-state index contributed by atoms with van der Waals surface area (Å²) in [6, 6.07) is 0. The molecule has 0 aromatic heterocycles. The molecule has 0 aromatic rings. The summed E-state index contributed by atoms with van der Waals surface area (Å²) in [6.45, 7) is 15.4. The van der Waals surface area contributed by atoms with Gasteiger partial charge in [-0.2, -0.15) is 0 Å². The predicted octanol–water partition coefficient (Wildman–Crippen LogP) is 0.632. The van der Waals surface area contributed by atoms with Crippen molar-refractivity contribution in [2.24, 2.45) is 16.7 Å². The fraction of sp³-hybridized carbons (Fsp3) is 0.938. The number of hydrogen-bond acceptors (Lipinski definition) is 2. The van der Waals surface area contributed by atoms with Gasteiger partial charge in [0.25, 0.3) is 0 Å². The van der Waals surface area contributed by atoms with Crippen LogP contribution in [0.3, 0.4) is 0 Å². The van der Waals surface area contributed by atoms with Gasteiger partial charge in [0, 0.05) is 0 Å². The summed E-state index contributed by atoms with van der Waals surface area (Å²) < 4.78 is 7.74. The Morgan fingerprint density at radius 2 is 1.89 bits per heavy atom. The van der Waals surface area contributed by atoms with E-state index in [1.165, 1.54) is 4.43 Å². The van der Waals surface area contributed by atoms with Crippen molar-refractivity contribution in [2.45, 2.75) is 70.3 Å². The third kappa shape index (κ3) is 1.97. The molecular formula is C16H28IO2-. The van der Waals surface area contributed by atoms with Crippen molar-refractivity contribution in [1.82, 2.24) is 0 Å². The molecule has 0 spiro atoms. The molecule has 112 valence electrons. The number of esters is 1. The third-order valence-electron chi connectivity index (χ3n) is 6.14. The molecule has 2 rings (SSSR count). The molecule has 2 fully saturated rings. The molecule has 0 N–H and O–H groups in total. The molecule has 1 heterocycles. The number of rotatable bonds is 3. The maximum atomic E-state index is 12.5. The van der Waals surface area contributed by atoms with Crippen LogP contribution in [0.5, 0.6) is 0 Å². The van der Waals surface area contributed by atoms with E-state index in [1.807, 2.05) is 13.8 Å². The van der Waals surface area contributed by atoms with Gasteiger partial charge in [-0.1, -0.05) is 0 Å². The van der Waals surface area contributed by atoms with Crippen molar-refractivity contribution in [2.75, 3.05) is 4.43 Å². The van der Waals surface area contributed by atoms with Crippen LogP contribution in [0.2, 0.25) is 0 Å². The minimum atomic E-state index is -0.357. The van der Waals surface area contributed by atoms with Crippen LogP contribution >= 0.6 is 0 Å². The summed E-state index contributed by atoms with van der Waals surface area (Å²) in [5, 5.41) is 0. The van der Waals surface area contributed by atoms with Crippen molar-refractivity contribution in [3.63, 3.8) is 0 Å². The van der Waals surface area contributed by atoms with Crippen LogP contribution < -0.4 is 21.2 Å². The van der Waals surface area contributed by atoms with E-state index in [-0.39, 0.29) is 41.6 Å². The first kappa shape index (κ1) is 15.6. The predicted molar refractivity (Wildman–Crippen MR) is 73.7 cm³/mol. The fourth-order valence-electron chi connectivity index (χ4n) is 3.41. The number of carbonyl (C=O) groups excluding carboxylic acids is 1. The molecule has 1 aliphatic carbocycles. The summed E-state index contributed by atoms with van der Waals surface area (Å²) in [4.78, 5) is 12.5. The van der Waals surface area contributed by atoms with Crippen molar-refractivity contribution >= 4 is 5.97 Å². The second-order valence-electron chi connectivity index (χ2n) is 7.77. The zero-order chi connectivity index (χ0) is 14.7. The first-order valence-corrected chi connectivity index (χ1v) is 9.94. The Balaban J connectivity index is 2.25. The van der Waals surface area contributed by atoms with Crippen LogP contribution in [0.4, 0.5) is 0 Å². The Morgan fingerprint density at radius 3 is 2.26 bits per heavy atom.